The van der Waals surface area contributed by atoms with Crippen molar-refractivity contribution in [2.24, 2.45) is 5.11 Å². The van der Waals surface area contributed by atoms with Crippen molar-refractivity contribution < 1.29 is 19.5 Å². The minimum atomic E-state index is -1.19. The molecule has 1 aromatic rings. The topological polar surface area (TPSA) is 123 Å². The van der Waals surface area contributed by atoms with Gasteiger partial charge in [-0.3, -0.25) is 14.5 Å². The van der Waals surface area contributed by atoms with E-state index in [0.717, 1.165) is 9.80 Å². The molecule has 1 saturated heterocycles. The van der Waals surface area contributed by atoms with E-state index in [4.69, 9.17) is 5.53 Å². The molecule has 1 aliphatic heterocycles. The van der Waals surface area contributed by atoms with Gasteiger partial charge in [-0.1, -0.05) is 38.8 Å². The molecular weight excluding hydrogens is 340 g/mol. The van der Waals surface area contributed by atoms with Crippen molar-refractivity contribution >= 4 is 45.1 Å². The zero-order valence-electron chi connectivity index (χ0n) is 11.8. The fourth-order valence-corrected chi connectivity index (χ4v) is 4.19. The number of carboxylic acids is 1. The summed E-state index contributed by atoms with van der Waals surface area (Å²) in [6, 6.07) is 5.61. The average Bonchev–Trinajstić information content (AvgIpc) is 2.85. The number of benzene rings is 1. The maximum atomic E-state index is 11.6. The molecule has 1 atom stereocenters. The lowest BCUT2D eigenvalue weighted by molar-refractivity contribution is -0.153. The number of carbonyl (C=O) groups is 3. The second kappa shape index (κ2) is 7.91. The quantitative estimate of drug-likeness (QED) is 0.264. The fraction of sp³-hybridized carbons (Fsp3) is 0.308. The van der Waals surface area contributed by atoms with E-state index in [9.17, 15) is 19.5 Å². The van der Waals surface area contributed by atoms with E-state index in [2.05, 4.69) is 10.0 Å². The summed E-state index contributed by atoms with van der Waals surface area (Å²) in [5, 5.41) is 12.7. The van der Waals surface area contributed by atoms with Gasteiger partial charge in [0.1, 0.15) is 6.04 Å². The molecule has 0 bridgehead atoms. The van der Waals surface area contributed by atoms with Crippen molar-refractivity contribution in [1.29, 1.82) is 0 Å². The molecule has 23 heavy (non-hydrogen) atoms. The number of imide groups is 1. The Bertz CT molecular complexity index is 657. The van der Waals surface area contributed by atoms with Gasteiger partial charge >= 0.3 is 5.97 Å². The van der Waals surface area contributed by atoms with Gasteiger partial charge in [0.2, 0.25) is 11.8 Å². The Morgan fingerprint density at radius 3 is 2.43 bits per heavy atom. The van der Waals surface area contributed by atoms with E-state index in [1.54, 1.807) is 24.3 Å². The summed E-state index contributed by atoms with van der Waals surface area (Å²) in [5.74, 6) is -1.98. The molecule has 1 heterocycles. The lowest BCUT2D eigenvalue weighted by atomic mass is 10.3. The molecular formula is C13H12N4O4S2. The molecule has 0 radical (unpaired) electrons. The third-order valence-corrected chi connectivity index (χ3v) is 5.44. The average molecular weight is 352 g/mol. The molecule has 0 aromatic heterocycles. The molecule has 0 spiro atoms. The highest BCUT2D eigenvalue weighted by atomic mass is 33.1. The number of carbonyl (C=O) groups excluding carboxylic acids is 2. The predicted octanol–water partition coefficient (Wildman–Crippen LogP) is 2.97. The largest absolute Gasteiger partial charge is 0.480 e. The van der Waals surface area contributed by atoms with Gasteiger partial charge in [-0.05, 0) is 17.7 Å². The van der Waals surface area contributed by atoms with Gasteiger partial charge in [0.15, 0.2) is 0 Å². The second-order valence-electron chi connectivity index (χ2n) is 4.56. The van der Waals surface area contributed by atoms with Crippen LogP contribution in [-0.2, 0) is 14.4 Å². The number of likely N-dealkylation sites (tertiary alicyclic amines) is 1. The van der Waals surface area contributed by atoms with Crippen molar-refractivity contribution in [3.8, 4) is 0 Å². The monoisotopic (exact) mass is 352 g/mol. The van der Waals surface area contributed by atoms with Crippen LogP contribution in [0.1, 0.15) is 12.8 Å². The highest BCUT2D eigenvalue weighted by Crippen LogP contribution is 2.33. The highest BCUT2D eigenvalue weighted by Gasteiger charge is 2.38. The zero-order valence-corrected chi connectivity index (χ0v) is 13.4. The molecule has 1 N–H and O–H groups in total. The van der Waals surface area contributed by atoms with E-state index < -0.39 is 23.8 Å². The van der Waals surface area contributed by atoms with Crippen molar-refractivity contribution in [2.75, 3.05) is 5.75 Å². The van der Waals surface area contributed by atoms with E-state index in [0.29, 0.717) is 5.69 Å². The Labute approximate surface area is 139 Å². The summed E-state index contributed by atoms with van der Waals surface area (Å²) in [6.07, 6.45) is 0.141. The maximum Gasteiger partial charge on any atom is 0.327 e. The first-order valence-electron chi connectivity index (χ1n) is 6.55. The number of nitrogens with zero attached hydrogens (tertiary/aromatic N) is 4. The smallest absolute Gasteiger partial charge is 0.327 e. The first kappa shape index (κ1) is 17.2. The Hall–Kier alpha value is -2.16. The lowest BCUT2D eigenvalue weighted by Crippen LogP contribution is -2.45. The predicted molar refractivity (Wildman–Crippen MR) is 86.1 cm³/mol. The van der Waals surface area contributed by atoms with Crippen molar-refractivity contribution in [2.45, 2.75) is 23.8 Å². The van der Waals surface area contributed by atoms with Gasteiger partial charge in [-0.25, -0.2) is 4.79 Å². The van der Waals surface area contributed by atoms with Gasteiger partial charge < -0.3 is 5.11 Å². The molecule has 2 rings (SSSR count). The molecule has 120 valence electrons. The van der Waals surface area contributed by atoms with Gasteiger partial charge in [-0.2, -0.15) is 0 Å². The number of aliphatic carboxylic acids is 1. The van der Waals surface area contributed by atoms with Crippen LogP contribution in [0.3, 0.4) is 0 Å². The number of amides is 2. The first-order chi connectivity index (χ1) is 11.0. The summed E-state index contributed by atoms with van der Waals surface area (Å²) in [5.41, 5.74) is 8.81. The molecule has 1 fully saturated rings. The Morgan fingerprint density at radius 2 is 1.91 bits per heavy atom. The summed E-state index contributed by atoms with van der Waals surface area (Å²) < 4.78 is 0. The summed E-state index contributed by atoms with van der Waals surface area (Å²) >= 11 is 0. The van der Waals surface area contributed by atoms with Crippen LogP contribution in [0, 0.1) is 0 Å². The van der Waals surface area contributed by atoms with Crippen molar-refractivity contribution in [3.05, 3.63) is 34.7 Å². The Balaban J connectivity index is 1.94. The highest BCUT2D eigenvalue weighted by molar-refractivity contribution is 8.76. The molecule has 2 amide bonds. The third kappa shape index (κ3) is 4.41. The van der Waals surface area contributed by atoms with Crippen LogP contribution in [0.5, 0.6) is 0 Å². The molecule has 1 unspecified atom stereocenters. The number of carboxylic acid groups (broad SMARTS) is 1. The number of hydrogen-bond acceptors (Lipinski definition) is 6. The van der Waals surface area contributed by atoms with Gasteiger partial charge in [0.25, 0.3) is 0 Å². The second-order valence-corrected chi connectivity index (χ2v) is 6.98. The Kier molecular flexibility index (Phi) is 5.91. The van der Waals surface area contributed by atoms with E-state index in [1.807, 2.05) is 0 Å². The van der Waals surface area contributed by atoms with E-state index in [-0.39, 0.29) is 18.6 Å². The minimum Gasteiger partial charge on any atom is -0.480 e. The lowest BCUT2D eigenvalue weighted by Gasteiger charge is -2.21. The summed E-state index contributed by atoms with van der Waals surface area (Å²) in [7, 11) is 2.56. The van der Waals surface area contributed by atoms with Gasteiger partial charge in [0.05, 0.1) is 0 Å². The number of rotatable bonds is 7. The van der Waals surface area contributed by atoms with Crippen LogP contribution in [-0.4, -0.2) is 39.6 Å². The minimum absolute atomic E-state index is 0.0707. The SMILES string of the molecule is [N-]=[N+]=Nc1ccc(SSCC(C(=O)O)N2C(=O)CCC2=O)cc1. The van der Waals surface area contributed by atoms with E-state index >= 15 is 0 Å². The van der Waals surface area contributed by atoms with Crippen LogP contribution in [0.4, 0.5) is 5.69 Å². The van der Waals surface area contributed by atoms with Crippen LogP contribution < -0.4 is 0 Å². The molecule has 8 nitrogen and oxygen atoms in total. The van der Waals surface area contributed by atoms with Crippen LogP contribution >= 0.6 is 21.6 Å². The van der Waals surface area contributed by atoms with Gasteiger partial charge in [-0.15, -0.1) is 0 Å². The summed E-state index contributed by atoms with van der Waals surface area (Å²) in [4.78, 5) is 39.0. The first-order valence-corrected chi connectivity index (χ1v) is 8.87. The van der Waals surface area contributed by atoms with Crippen molar-refractivity contribution in [1.82, 2.24) is 4.90 Å². The molecule has 0 saturated carbocycles. The standard InChI is InChI=1S/C13H12N4O4S2/c14-16-15-8-1-3-9(4-2-8)23-22-7-10(13(20)21)17-11(18)5-6-12(17)19/h1-4,10H,5-7H2,(H,20,21). The maximum absolute atomic E-state index is 11.6. The molecule has 1 aliphatic rings. The summed E-state index contributed by atoms with van der Waals surface area (Å²) in [6.45, 7) is 0. The van der Waals surface area contributed by atoms with Crippen LogP contribution in [0.2, 0.25) is 0 Å². The van der Waals surface area contributed by atoms with E-state index in [1.165, 1.54) is 21.6 Å². The van der Waals surface area contributed by atoms with Crippen molar-refractivity contribution in [3.63, 3.8) is 0 Å². The third-order valence-electron chi connectivity index (χ3n) is 3.06. The number of hydrogen-bond donors (Lipinski definition) is 1. The molecule has 10 heteroatoms. The Morgan fingerprint density at radius 1 is 1.30 bits per heavy atom. The molecule has 1 aromatic carbocycles. The van der Waals surface area contributed by atoms with Crippen LogP contribution in [0.15, 0.2) is 34.3 Å². The number of azide groups is 1. The van der Waals surface area contributed by atoms with Crippen LogP contribution in [0.25, 0.3) is 10.4 Å². The zero-order chi connectivity index (χ0) is 16.8. The molecule has 0 aliphatic carbocycles. The fourth-order valence-electron chi connectivity index (χ4n) is 1.98. The van der Waals surface area contributed by atoms with Gasteiger partial charge in [0, 0.05) is 34.1 Å². The normalized spacial score (nSPS) is 15.4.